The molecule has 1 saturated carbocycles. The van der Waals surface area contributed by atoms with Crippen LogP contribution in [0.1, 0.15) is 32.1 Å². The zero-order valence-corrected chi connectivity index (χ0v) is 10.4. The molecule has 3 N–H and O–H groups in total. The molecule has 0 amide bonds. The first-order chi connectivity index (χ1) is 8.05. The number of aliphatic hydroxyl groups excluding tert-OH is 1. The maximum atomic E-state index is 11.0. The second-order valence-electron chi connectivity index (χ2n) is 5.43. The number of hydrogen-bond donors (Lipinski definition) is 3. The van der Waals surface area contributed by atoms with Gasteiger partial charge in [-0.2, -0.15) is 0 Å². The molecule has 2 aliphatic rings. The Balaban J connectivity index is 2.05. The molecule has 2 atom stereocenters. The Hall–Kier alpha value is -0.650. The molecule has 2 unspecified atom stereocenters. The van der Waals surface area contributed by atoms with Gasteiger partial charge in [-0.25, -0.2) is 0 Å². The van der Waals surface area contributed by atoms with E-state index in [0.29, 0.717) is 13.1 Å². The predicted molar refractivity (Wildman–Crippen MR) is 63.9 cm³/mol. The molecule has 2 fully saturated rings. The van der Waals surface area contributed by atoms with E-state index in [2.05, 4.69) is 10.2 Å². The van der Waals surface area contributed by atoms with Crippen LogP contribution in [0.2, 0.25) is 0 Å². The average molecular weight is 242 g/mol. The van der Waals surface area contributed by atoms with E-state index < -0.39 is 5.97 Å². The van der Waals surface area contributed by atoms with Crippen molar-refractivity contribution in [2.75, 3.05) is 20.1 Å². The molecule has 0 aromatic heterocycles. The van der Waals surface area contributed by atoms with Crippen molar-refractivity contribution in [3.63, 3.8) is 0 Å². The number of nitrogens with zero attached hydrogens (tertiary/aromatic N) is 1. The third kappa shape index (κ3) is 2.46. The van der Waals surface area contributed by atoms with Gasteiger partial charge < -0.3 is 15.5 Å². The summed E-state index contributed by atoms with van der Waals surface area (Å²) in [6, 6.07) is 0.116. The normalized spacial score (nSPS) is 32.2. The summed E-state index contributed by atoms with van der Waals surface area (Å²) in [7, 11) is 1.96. The number of aliphatic hydroxyl groups is 1. The summed E-state index contributed by atoms with van der Waals surface area (Å²) in [4.78, 5) is 13.1. The average Bonchev–Trinajstić information content (AvgIpc) is 2.23. The first-order valence-corrected chi connectivity index (χ1v) is 6.39. The number of likely N-dealkylation sites (N-methyl/N-ethyl adjacent to an activating group) is 1. The van der Waals surface area contributed by atoms with Crippen LogP contribution < -0.4 is 5.32 Å². The van der Waals surface area contributed by atoms with Gasteiger partial charge in [0.25, 0.3) is 0 Å². The lowest BCUT2D eigenvalue weighted by Crippen LogP contribution is -2.71. The molecule has 0 bridgehead atoms. The number of nitrogens with one attached hydrogen (secondary N) is 1. The second kappa shape index (κ2) is 4.92. The highest BCUT2D eigenvalue weighted by molar-refractivity contribution is 5.68. The Morgan fingerprint density at radius 1 is 1.41 bits per heavy atom. The summed E-state index contributed by atoms with van der Waals surface area (Å²) in [6.07, 6.45) is 3.86. The summed E-state index contributed by atoms with van der Waals surface area (Å²) in [6.45, 7) is 1.41. The summed E-state index contributed by atoms with van der Waals surface area (Å²) >= 11 is 0. The molecule has 17 heavy (non-hydrogen) atoms. The summed E-state index contributed by atoms with van der Waals surface area (Å²) < 4.78 is 0. The van der Waals surface area contributed by atoms with Gasteiger partial charge in [0.15, 0.2) is 0 Å². The molecule has 5 nitrogen and oxygen atoms in total. The third-order valence-electron chi connectivity index (χ3n) is 4.33. The van der Waals surface area contributed by atoms with Crippen LogP contribution >= 0.6 is 0 Å². The standard InChI is InChI=1S/C12H22N2O3/c1-14(9-4-2-3-5-10(9)15)12(6-11(16)17)7-13-8-12/h9-10,13,15H,2-8H2,1H3,(H,16,17). The molecule has 0 radical (unpaired) electrons. The Kier molecular flexibility index (Phi) is 3.70. The number of carbonyl (C=O) groups is 1. The van der Waals surface area contributed by atoms with E-state index in [9.17, 15) is 9.90 Å². The van der Waals surface area contributed by atoms with Crippen molar-refractivity contribution in [1.29, 1.82) is 0 Å². The van der Waals surface area contributed by atoms with E-state index in [-0.39, 0.29) is 24.1 Å². The minimum Gasteiger partial charge on any atom is -0.481 e. The van der Waals surface area contributed by atoms with Gasteiger partial charge in [-0.05, 0) is 19.9 Å². The van der Waals surface area contributed by atoms with Crippen molar-refractivity contribution in [3.05, 3.63) is 0 Å². The molecule has 0 aromatic carbocycles. The molecule has 2 rings (SSSR count). The van der Waals surface area contributed by atoms with Gasteiger partial charge in [-0.15, -0.1) is 0 Å². The van der Waals surface area contributed by atoms with Crippen LogP contribution in [0.3, 0.4) is 0 Å². The highest BCUT2D eigenvalue weighted by atomic mass is 16.4. The van der Waals surface area contributed by atoms with Gasteiger partial charge in [0, 0.05) is 19.1 Å². The van der Waals surface area contributed by atoms with Crippen LogP contribution in [-0.2, 0) is 4.79 Å². The van der Waals surface area contributed by atoms with Crippen LogP contribution in [-0.4, -0.2) is 58.9 Å². The van der Waals surface area contributed by atoms with Crippen LogP contribution in [0.4, 0.5) is 0 Å². The first-order valence-electron chi connectivity index (χ1n) is 6.39. The van der Waals surface area contributed by atoms with E-state index in [1.807, 2.05) is 7.05 Å². The number of rotatable bonds is 4. The number of hydrogen-bond acceptors (Lipinski definition) is 4. The molecule has 0 aromatic rings. The van der Waals surface area contributed by atoms with E-state index in [1.165, 1.54) is 0 Å². The van der Waals surface area contributed by atoms with Crippen molar-refractivity contribution in [2.45, 2.75) is 49.8 Å². The van der Waals surface area contributed by atoms with Gasteiger partial charge >= 0.3 is 5.97 Å². The Morgan fingerprint density at radius 3 is 2.53 bits per heavy atom. The minimum absolute atomic E-state index is 0.116. The van der Waals surface area contributed by atoms with E-state index >= 15 is 0 Å². The largest absolute Gasteiger partial charge is 0.481 e. The topological polar surface area (TPSA) is 72.8 Å². The molecular weight excluding hydrogens is 220 g/mol. The molecule has 1 aliphatic carbocycles. The van der Waals surface area contributed by atoms with Crippen molar-refractivity contribution >= 4 is 5.97 Å². The van der Waals surface area contributed by atoms with Gasteiger partial charge in [0.1, 0.15) is 0 Å². The number of carboxylic acid groups (broad SMARTS) is 1. The Labute approximate surface area is 102 Å². The lowest BCUT2D eigenvalue weighted by molar-refractivity contribution is -0.143. The zero-order chi connectivity index (χ0) is 12.5. The lowest BCUT2D eigenvalue weighted by atomic mass is 9.82. The monoisotopic (exact) mass is 242 g/mol. The third-order valence-corrected chi connectivity index (χ3v) is 4.33. The van der Waals surface area contributed by atoms with Crippen LogP contribution in [0.15, 0.2) is 0 Å². The fourth-order valence-corrected chi connectivity index (χ4v) is 3.09. The van der Waals surface area contributed by atoms with Crippen LogP contribution in [0.25, 0.3) is 0 Å². The van der Waals surface area contributed by atoms with Crippen LogP contribution in [0, 0.1) is 0 Å². The van der Waals surface area contributed by atoms with Crippen molar-refractivity contribution in [2.24, 2.45) is 0 Å². The minimum atomic E-state index is -0.761. The fraction of sp³-hybridized carbons (Fsp3) is 0.917. The molecule has 1 aliphatic heterocycles. The molecule has 0 spiro atoms. The maximum Gasteiger partial charge on any atom is 0.305 e. The van der Waals surface area contributed by atoms with Crippen molar-refractivity contribution < 1.29 is 15.0 Å². The highest BCUT2D eigenvalue weighted by Crippen LogP contribution is 2.31. The number of carboxylic acids is 1. The molecule has 1 saturated heterocycles. The Morgan fingerprint density at radius 2 is 2.06 bits per heavy atom. The summed E-state index contributed by atoms with van der Waals surface area (Å²) in [5.41, 5.74) is -0.297. The fourth-order valence-electron chi connectivity index (χ4n) is 3.09. The SMILES string of the molecule is CN(C1CCCCC1O)C1(CC(=O)O)CNC1. The van der Waals surface area contributed by atoms with Gasteiger partial charge in [0.05, 0.1) is 18.1 Å². The van der Waals surface area contributed by atoms with E-state index in [0.717, 1.165) is 25.7 Å². The van der Waals surface area contributed by atoms with Crippen molar-refractivity contribution in [3.8, 4) is 0 Å². The van der Waals surface area contributed by atoms with E-state index in [1.54, 1.807) is 0 Å². The maximum absolute atomic E-state index is 11.0. The van der Waals surface area contributed by atoms with E-state index in [4.69, 9.17) is 5.11 Å². The molecule has 1 heterocycles. The van der Waals surface area contributed by atoms with Gasteiger partial charge in [-0.1, -0.05) is 12.8 Å². The smallest absolute Gasteiger partial charge is 0.305 e. The summed E-state index contributed by atoms with van der Waals surface area (Å²) in [5, 5.41) is 22.2. The Bertz CT molecular complexity index is 291. The zero-order valence-electron chi connectivity index (χ0n) is 10.4. The van der Waals surface area contributed by atoms with Gasteiger partial charge in [-0.3, -0.25) is 9.69 Å². The summed E-state index contributed by atoms with van der Waals surface area (Å²) in [5.74, 6) is -0.761. The first kappa shape index (κ1) is 12.8. The van der Waals surface area contributed by atoms with Crippen molar-refractivity contribution in [1.82, 2.24) is 10.2 Å². The quantitative estimate of drug-likeness (QED) is 0.649. The lowest BCUT2D eigenvalue weighted by Gasteiger charge is -2.53. The number of aliphatic carboxylic acids is 1. The van der Waals surface area contributed by atoms with Crippen LogP contribution in [0.5, 0.6) is 0 Å². The predicted octanol–water partition coefficient (Wildman–Crippen LogP) is 0.0384. The van der Waals surface area contributed by atoms with Gasteiger partial charge in [0.2, 0.25) is 0 Å². The molecule has 98 valence electrons. The molecular formula is C12H22N2O3. The molecule has 5 heteroatoms. The highest BCUT2D eigenvalue weighted by Gasteiger charge is 2.46. The second-order valence-corrected chi connectivity index (χ2v) is 5.43.